The van der Waals surface area contributed by atoms with Gasteiger partial charge >= 0.3 is 0 Å². The van der Waals surface area contributed by atoms with Crippen LogP contribution in [-0.2, 0) is 6.54 Å². The Morgan fingerprint density at radius 3 is 2.57 bits per heavy atom. The molecule has 0 aromatic heterocycles. The minimum absolute atomic E-state index is 0.0101. The smallest absolute Gasteiger partial charge is 0.289 e. The molecule has 2 aliphatic rings. The minimum Gasteiger partial charge on any atom is -0.382 e. The second kappa shape index (κ2) is 5.63. The van der Waals surface area contributed by atoms with E-state index < -0.39 is 11.5 Å². The number of benzene rings is 1. The normalized spacial score (nSPS) is 29.5. The number of nitrogens with one attached hydrogen (secondary N) is 1. The Balaban J connectivity index is 1.60. The third-order valence-corrected chi connectivity index (χ3v) is 4.45. The highest BCUT2D eigenvalue weighted by atomic mass is 19.3. The Morgan fingerprint density at radius 1 is 1.24 bits per heavy atom. The van der Waals surface area contributed by atoms with Gasteiger partial charge in [0.2, 0.25) is 0 Å². The molecule has 0 amide bonds. The zero-order valence-electron chi connectivity index (χ0n) is 12.1. The van der Waals surface area contributed by atoms with Crippen molar-refractivity contribution < 1.29 is 13.9 Å². The lowest BCUT2D eigenvalue weighted by Crippen LogP contribution is -2.64. The molecule has 1 saturated carbocycles. The Hall–Kier alpha value is -1.04. The predicted molar refractivity (Wildman–Crippen MR) is 77.3 cm³/mol. The summed E-state index contributed by atoms with van der Waals surface area (Å²) >= 11 is 0. The molecule has 1 aliphatic carbocycles. The molecule has 1 aliphatic heterocycles. The molecule has 1 unspecified atom stereocenters. The third-order valence-electron chi connectivity index (χ3n) is 4.45. The predicted octanol–water partition coefficient (Wildman–Crippen LogP) is 2.01. The van der Waals surface area contributed by atoms with Gasteiger partial charge in [-0.05, 0) is 24.8 Å². The molecule has 3 nitrogen and oxygen atoms in total. The molecule has 1 atom stereocenters. The van der Waals surface area contributed by atoms with Crippen LogP contribution in [0.3, 0.4) is 0 Å². The number of alkyl halides is 2. The lowest BCUT2D eigenvalue weighted by molar-refractivity contribution is -0.214. The molecule has 1 aromatic rings. The summed E-state index contributed by atoms with van der Waals surface area (Å²) in [6.45, 7) is 0.602. The van der Waals surface area contributed by atoms with Crippen LogP contribution in [0.15, 0.2) is 30.3 Å². The molecular formula is C16H22F2N2O. The summed E-state index contributed by atoms with van der Waals surface area (Å²) in [5.41, 5.74) is -0.891. The highest BCUT2D eigenvalue weighted by Gasteiger charge is 2.55. The Bertz CT molecular complexity index is 478. The van der Waals surface area contributed by atoms with Crippen molar-refractivity contribution in [3.63, 3.8) is 0 Å². The van der Waals surface area contributed by atoms with E-state index in [1.165, 1.54) is 0 Å². The highest BCUT2D eigenvalue weighted by molar-refractivity contribution is 5.15. The molecule has 2 N–H and O–H groups in total. The largest absolute Gasteiger partial charge is 0.382 e. The van der Waals surface area contributed by atoms with Crippen molar-refractivity contribution in [1.82, 2.24) is 10.2 Å². The van der Waals surface area contributed by atoms with Crippen LogP contribution < -0.4 is 5.32 Å². The molecule has 21 heavy (non-hydrogen) atoms. The molecular weight excluding hydrogens is 274 g/mol. The number of halogens is 2. The van der Waals surface area contributed by atoms with Crippen LogP contribution >= 0.6 is 0 Å². The number of aliphatic hydroxyl groups is 1. The van der Waals surface area contributed by atoms with Crippen LogP contribution in [0.4, 0.5) is 8.78 Å². The fraction of sp³-hybridized carbons (Fsp3) is 0.625. The molecule has 2 fully saturated rings. The molecule has 0 bridgehead atoms. The highest BCUT2D eigenvalue weighted by Crippen LogP contribution is 2.37. The number of hydrogen-bond donors (Lipinski definition) is 2. The van der Waals surface area contributed by atoms with Gasteiger partial charge in [0.25, 0.3) is 5.92 Å². The first-order chi connectivity index (χ1) is 9.98. The SMILES string of the molecule is OC1(CNC2CC2)CCN(Cc2ccccc2)CC1(F)F. The first-order valence-electron chi connectivity index (χ1n) is 7.58. The van der Waals surface area contributed by atoms with Crippen molar-refractivity contribution in [2.75, 3.05) is 19.6 Å². The van der Waals surface area contributed by atoms with Crippen LogP contribution in [0.5, 0.6) is 0 Å². The van der Waals surface area contributed by atoms with Crippen LogP contribution in [-0.4, -0.2) is 47.2 Å². The summed E-state index contributed by atoms with van der Waals surface area (Å²) in [5.74, 6) is -3.08. The second-order valence-electron chi connectivity index (χ2n) is 6.34. The third kappa shape index (κ3) is 3.42. The Kier molecular flexibility index (Phi) is 3.99. The van der Waals surface area contributed by atoms with Crippen molar-refractivity contribution in [3.05, 3.63) is 35.9 Å². The zero-order valence-corrected chi connectivity index (χ0v) is 12.1. The van der Waals surface area contributed by atoms with Gasteiger partial charge in [0.15, 0.2) is 0 Å². The van der Waals surface area contributed by atoms with Crippen molar-refractivity contribution in [2.24, 2.45) is 0 Å². The average molecular weight is 296 g/mol. The number of likely N-dealkylation sites (tertiary alicyclic amines) is 1. The van der Waals surface area contributed by atoms with Crippen molar-refractivity contribution >= 4 is 0 Å². The summed E-state index contributed by atoms with van der Waals surface area (Å²) in [4.78, 5) is 1.72. The van der Waals surface area contributed by atoms with Gasteiger partial charge < -0.3 is 10.4 Å². The van der Waals surface area contributed by atoms with Gasteiger partial charge in [0.05, 0.1) is 6.54 Å². The van der Waals surface area contributed by atoms with Crippen molar-refractivity contribution in [1.29, 1.82) is 0 Å². The van der Waals surface area contributed by atoms with E-state index in [0.29, 0.717) is 19.1 Å². The summed E-state index contributed by atoms with van der Waals surface area (Å²) in [5, 5.41) is 13.4. The molecule has 0 spiro atoms. The van der Waals surface area contributed by atoms with Crippen molar-refractivity contribution in [2.45, 2.75) is 43.4 Å². The van der Waals surface area contributed by atoms with E-state index in [-0.39, 0.29) is 19.5 Å². The van der Waals surface area contributed by atoms with E-state index in [1.807, 2.05) is 30.3 Å². The molecule has 1 saturated heterocycles. The molecule has 3 rings (SSSR count). The van der Waals surface area contributed by atoms with Crippen LogP contribution in [0.25, 0.3) is 0 Å². The molecule has 0 radical (unpaired) electrons. The van der Waals surface area contributed by atoms with Crippen LogP contribution in [0, 0.1) is 0 Å². The zero-order chi connectivity index (χ0) is 14.9. The summed E-state index contributed by atoms with van der Waals surface area (Å²) in [6, 6.07) is 9.94. The Labute approximate surface area is 124 Å². The van der Waals surface area contributed by atoms with E-state index >= 15 is 0 Å². The van der Waals surface area contributed by atoms with Gasteiger partial charge in [-0.3, -0.25) is 4.90 Å². The van der Waals surface area contributed by atoms with Crippen LogP contribution in [0.1, 0.15) is 24.8 Å². The summed E-state index contributed by atoms with van der Waals surface area (Å²) in [6.07, 6.45) is 2.16. The average Bonchev–Trinajstić information content (AvgIpc) is 3.26. The second-order valence-corrected chi connectivity index (χ2v) is 6.34. The minimum atomic E-state index is -3.08. The maximum Gasteiger partial charge on any atom is 0.289 e. The van der Waals surface area contributed by atoms with Gasteiger partial charge in [0.1, 0.15) is 5.60 Å². The standard InChI is InChI=1S/C16H22F2N2O/c17-16(18)12-20(10-13-4-2-1-3-5-13)9-8-15(16,21)11-19-14-6-7-14/h1-5,14,19,21H,6-12H2. The van der Waals surface area contributed by atoms with Gasteiger partial charge in [-0.15, -0.1) is 0 Å². The van der Waals surface area contributed by atoms with E-state index in [0.717, 1.165) is 18.4 Å². The van der Waals surface area contributed by atoms with Gasteiger partial charge in [-0.1, -0.05) is 30.3 Å². The fourth-order valence-electron chi connectivity index (χ4n) is 2.83. The Morgan fingerprint density at radius 2 is 1.95 bits per heavy atom. The van der Waals surface area contributed by atoms with Crippen molar-refractivity contribution in [3.8, 4) is 0 Å². The van der Waals surface area contributed by atoms with E-state index in [1.54, 1.807) is 4.90 Å². The van der Waals surface area contributed by atoms with E-state index in [9.17, 15) is 13.9 Å². The molecule has 116 valence electrons. The molecule has 5 heteroatoms. The quantitative estimate of drug-likeness (QED) is 0.872. The fourth-order valence-corrected chi connectivity index (χ4v) is 2.83. The van der Waals surface area contributed by atoms with Gasteiger partial charge in [-0.2, -0.15) is 0 Å². The van der Waals surface area contributed by atoms with E-state index in [2.05, 4.69) is 5.32 Å². The first kappa shape index (κ1) is 14.9. The topological polar surface area (TPSA) is 35.5 Å². The van der Waals surface area contributed by atoms with E-state index in [4.69, 9.17) is 0 Å². The summed E-state index contributed by atoms with van der Waals surface area (Å²) < 4.78 is 28.7. The van der Waals surface area contributed by atoms with Gasteiger partial charge in [0, 0.05) is 25.7 Å². The van der Waals surface area contributed by atoms with Gasteiger partial charge in [-0.25, -0.2) is 8.78 Å². The molecule has 1 heterocycles. The number of hydrogen-bond acceptors (Lipinski definition) is 3. The monoisotopic (exact) mass is 296 g/mol. The maximum absolute atomic E-state index is 14.3. The first-order valence-corrected chi connectivity index (χ1v) is 7.58. The lowest BCUT2D eigenvalue weighted by Gasteiger charge is -2.44. The number of rotatable bonds is 5. The van der Waals surface area contributed by atoms with Crippen LogP contribution in [0.2, 0.25) is 0 Å². The summed E-state index contributed by atoms with van der Waals surface area (Å²) in [7, 11) is 0. The lowest BCUT2D eigenvalue weighted by atomic mass is 9.87. The number of nitrogens with zero attached hydrogens (tertiary/aromatic N) is 1. The number of piperidine rings is 1. The molecule has 1 aromatic carbocycles. The maximum atomic E-state index is 14.3.